The van der Waals surface area contributed by atoms with E-state index in [1.165, 1.54) is 12.1 Å². The van der Waals surface area contributed by atoms with E-state index in [-0.39, 0.29) is 18.0 Å². The molecule has 7 nitrogen and oxygen atoms in total. The van der Waals surface area contributed by atoms with Gasteiger partial charge in [-0.2, -0.15) is 18.3 Å². The lowest BCUT2D eigenvalue weighted by Gasteiger charge is -2.11. The second-order valence-electron chi connectivity index (χ2n) is 11.1. The smallest absolute Gasteiger partial charge is 0.347 e. The Morgan fingerprint density at radius 3 is 2.17 bits per heavy atom. The number of nitrogens with one attached hydrogen (secondary N) is 2. The van der Waals surface area contributed by atoms with Gasteiger partial charge < -0.3 is 15.2 Å². The molecule has 2 heterocycles. The van der Waals surface area contributed by atoms with Crippen molar-refractivity contribution < 1.29 is 22.8 Å². The molecule has 0 unspecified atom stereocenters. The number of halogens is 3. The first-order valence-corrected chi connectivity index (χ1v) is 14.8. The van der Waals surface area contributed by atoms with Gasteiger partial charge in [0.15, 0.2) is 0 Å². The lowest BCUT2D eigenvalue weighted by Crippen LogP contribution is -2.24. The number of hydrogen-bond donors (Lipinski definition) is 2. The fraction of sp³-hybridized carbons (Fsp3) is 0.108. The first-order valence-electron chi connectivity index (χ1n) is 14.8. The van der Waals surface area contributed by atoms with Crippen LogP contribution in [0.5, 0.6) is 0 Å². The summed E-state index contributed by atoms with van der Waals surface area (Å²) in [4.78, 5) is 26.4. The Morgan fingerprint density at radius 1 is 0.787 bits per heavy atom. The van der Waals surface area contributed by atoms with Gasteiger partial charge >= 0.3 is 6.18 Å². The Labute approximate surface area is 269 Å². The van der Waals surface area contributed by atoms with Crippen molar-refractivity contribution in [2.75, 3.05) is 5.32 Å². The van der Waals surface area contributed by atoms with Crippen LogP contribution in [0.1, 0.15) is 37.7 Å². The summed E-state index contributed by atoms with van der Waals surface area (Å²) in [6.07, 6.45) is -2.83. The van der Waals surface area contributed by atoms with E-state index in [1.54, 1.807) is 48.1 Å². The highest BCUT2D eigenvalue weighted by atomic mass is 19.4. The highest BCUT2D eigenvalue weighted by Gasteiger charge is 2.30. The summed E-state index contributed by atoms with van der Waals surface area (Å²) in [5, 5.41) is 10.4. The van der Waals surface area contributed by atoms with E-state index < -0.39 is 17.6 Å². The third-order valence-electron chi connectivity index (χ3n) is 7.73. The predicted octanol–water partition coefficient (Wildman–Crippen LogP) is 8.05. The molecule has 10 heteroatoms. The van der Waals surface area contributed by atoms with Crippen LogP contribution in [0.25, 0.3) is 28.1 Å². The van der Waals surface area contributed by atoms with Crippen molar-refractivity contribution in [3.63, 3.8) is 0 Å². The van der Waals surface area contributed by atoms with Crippen molar-refractivity contribution in [1.82, 2.24) is 19.7 Å². The minimum Gasteiger partial charge on any atom is -0.347 e. The SMILES string of the molecule is Cc1cc(-c2ccccc2)n(-c2ccc(CNC(=O)c3cc(NC(=O)c4ccccc4-c4ccc(C(F)(F)F)cc4)cn3C)cc2)n1. The second-order valence-corrected chi connectivity index (χ2v) is 11.1. The number of nitrogens with zero attached hydrogens (tertiary/aromatic N) is 3. The van der Waals surface area contributed by atoms with Gasteiger partial charge in [-0.05, 0) is 66.1 Å². The molecule has 2 N–H and O–H groups in total. The number of rotatable bonds is 8. The predicted molar refractivity (Wildman–Crippen MR) is 175 cm³/mol. The van der Waals surface area contributed by atoms with Crippen molar-refractivity contribution in [3.8, 4) is 28.1 Å². The molecule has 0 radical (unpaired) electrons. The number of carbonyl (C=O) groups is 2. The van der Waals surface area contributed by atoms with Crippen LogP contribution in [0.15, 0.2) is 121 Å². The van der Waals surface area contributed by atoms with E-state index in [9.17, 15) is 22.8 Å². The van der Waals surface area contributed by atoms with Gasteiger partial charge in [0.05, 0.1) is 28.3 Å². The van der Waals surface area contributed by atoms with Crippen LogP contribution in [0.4, 0.5) is 18.9 Å². The van der Waals surface area contributed by atoms with Crippen molar-refractivity contribution in [3.05, 3.63) is 150 Å². The molecule has 2 amide bonds. The Balaban J connectivity index is 1.11. The monoisotopic (exact) mass is 633 g/mol. The Kier molecular flexibility index (Phi) is 8.50. The number of anilines is 1. The van der Waals surface area contributed by atoms with Crippen LogP contribution in [-0.2, 0) is 19.8 Å². The first kappa shape index (κ1) is 31.1. The minimum absolute atomic E-state index is 0.284. The van der Waals surface area contributed by atoms with E-state index in [0.717, 1.165) is 40.3 Å². The van der Waals surface area contributed by atoms with E-state index >= 15 is 0 Å². The molecule has 47 heavy (non-hydrogen) atoms. The van der Waals surface area contributed by atoms with Crippen molar-refractivity contribution in [1.29, 1.82) is 0 Å². The fourth-order valence-corrected chi connectivity index (χ4v) is 5.37. The highest BCUT2D eigenvalue weighted by Crippen LogP contribution is 2.32. The zero-order chi connectivity index (χ0) is 33.1. The summed E-state index contributed by atoms with van der Waals surface area (Å²) in [5.41, 5.74) is 5.96. The average molecular weight is 634 g/mol. The molecule has 6 aromatic rings. The number of amides is 2. The standard InChI is InChI=1S/C37H30F3N5O2/c1-24-20-33(27-8-4-3-5-9-27)45(43-24)30-18-12-25(13-19-30)22-41-36(47)34-21-29(23-44(34)2)42-35(46)32-11-7-6-10-31(32)26-14-16-28(17-15-26)37(38,39)40/h3-21,23H,22H2,1-2H3,(H,41,47)(H,42,46). The quantitative estimate of drug-likeness (QED) is 0.178. The summed E-state index contributed by atoms with van der Waals surface area (Å²) in [5.74, 6) is -0.780. The van der Waals surface area contributed by atoms with Crippen LogP contribution in [0.3, 0.4) is 0 Å². The molecule has 0 saturated carbocycles. The average Bonchev–Trinajstić information content (AvgIpc) is 3.65. The Bertz CT molecular complexity index is 2050. The van der Waals surface area contributed by atoms with Crippen LogP contribution in [0, 0.1) is 6.92 Å². The van der Waals surface area contributed by atoms with E-state index in [2.05, 4.69) is 15.7 Å². The third-order valence-corrected chi connectivity index (χ3v) is 7.73. The van der Waals surface area contributed by atoms with E-state index in [1.807, 2.05) is 72.3 Å². The molecule has 0 aliphatic carbocycles. The maximum absolute atomic E-state index is 13.3. The summed E-state index contributed by atoms with van der Waals surface area (Å²) in [7, 11) is 1.70. The molecule has 0 atom stereocenters. The van der Waals surface area contributed by atoms with Crippen molar-refractivity contribution in [2.24, 2.45) is 7.05 Å². The van der Waals surface area contributed by atoms with E-state index in [4.69, 9.17) is 0 Å². The molecule has 0 aliphatic heterocycles. The van der Waals surface area contributed by atoms with Crippen LogP contribution < -0.4 is 10.6 Å². The fourth-order valence-electron chi connectivity index (χ4n) is 5.37. The molecule has 6 rings (SSSR count). The van der Waals surface area contributed by atoms with Crippen LogP contribution in [0.2, 0.25) is 0 Å². The van der Waals surface area contributed by atoms with Crippen LogP contribution in [-0.4, -0.2) is 26.2 Å². The van der Waals surface area contributed by atoms with Gasteiger partial charge in [0.2, 0.25) is 0 Å². The van der Waals surface area contributed by atoms with Crippen LogP contribution >= 0.6 is 0 Å². The molecule has 0 saturated heterocycles. The van der Waals surface area contributed by atoms with Gasteiger partial charge in [-0.1, -0.05) is 72.8 Å². The zero-order valence-corrected chi connectivity index (χ0v) is 25.5. The van der Waals surface area contributed by atoms with Gasteiger partial charge in [-0.3, -0.25) is 9.59 Å². The molecule has 0 aliphatic rings. The number of carbonyl (C=O) groups excluding carboxylic acids is 2. The lowest BCUT2D eigenvalue weighted by molar-refractivity contribution is -0.137. The molecule has 0 bridgehead atoms. The summed E-state index contributed by atoms with van der Waals surface area (Å²) in [6, 6.07) is 32.8. The second kappa shape index (κ2) is 12.8. The third kappa shape index (κ3) is 6.86. The molecular weight excluding hydrogens is 603 g/mol. The zero-order valence-electron chi connectivity index (χ0n) is 25.5. The molecule has 4 aromatic carbocycles. The van der Waals surface area contributed by atoms with E-state index in [0.29, 0.717) is 22.5 Å². The number of benzene rings is 4. The minimum atomic E-state index is -4.45. The summed E-state index contributed by atoms with van der Waals surface area (Å²) >= 11 is 0. The number of aromatic nitrogens is 3. The van der Waals surface area contributed by atoms with Gasteiger partial charge in [0.25, 0.3) is 11.8 Å². The lowest BCUT2D eigenvalue weighted by atomic mass is 9.98. The molecule has 0 fully saturated rings. The van der Waals surface area contributed by atoms with Gasteiger partial charge in [0, 0.05) is 30.9 Å². The number of alkyl halides is 3. The van der Waals surface area contributed by atoms with Crippen molar-refractivity contribution in [2.45, 2.75) is 19.6 Å². The largest absolute Gasteiger partial charge is 0.416 e. The number of hydrogen-bond acceptors (Lipinski definition) is 3. The number of aryl methyl sites for hydroxylation is 2. The molecule has 0 spiro atoms. The molecular formula is C37H30F3N5O2. The Hall–Kier alpha value is -5.90. The summed E-state index contributed by atoms with van der Waals surface area (Å²) in [6.45, 7) is 2.24. The maximum Gasteiger partial charge on any atom is 0.416 e. The first-order chi connectivity index (χ1) is 22.6. The molecule has 236 valence electrons. The molecule has 2 aromatic heterocycles. The van der Waals surface area contributed by atoms with Gasteiger partial charge in [-0.15, -0.1) is 0 Å². The van der Waals surface area contributed by atoms with Gasteiger partial charge in [-0.25, -0.2) is 4.68 Å². The topological polar surface area (TPSA) is 81.0 Å². The van der Waals surface area contributed by atoms with Gasteiger partial charge in [0.1, 0.15) is 5.69 Å². The van der Waals surface area contributed by atoms with Crippen molar-refractivity contribution >= 4 is 17.5 Å². The summed E-state index contributed by atoms with van der Waals surface area (Å²) < 4.78 is 42.6. The maximum atomic E-state index is 13.3. The Morgan fingerprint density at radius 2 is 1.47 bits per heavy atom. The normalized spacial score (nSPS) is 11.3. The highest BCUT2D eigenvalue weighted by molar-refractivity contribution is 6.09.